The molecule has 0 atom stereocenters. The molecule has 0 aliphatic carbocycles. The molecule has 0 radical (unpaired) electrons. The highest BCUT2D eigenvalue weighted by molar-refractivity contribution is 5.43. The van der Waals surface area contributed by atoms with E-state index in [1.807, 2.05) is 30.3 Å². The lowest BCUT2D eigenvalue weighted by Crippen LogP contribution is -2.02. The van der Waals surface area contributed by atoms with Crippen molar-refractivity contribution in [3.05, 3.63) is 60.2 Å². The third kappa shape index (κ3) is 4.96. The van der Waals surface area contributed by atoms with E-state index < -0.39 is 0 Å². The van der Waals surface area contributed by atoms with Gasteiger partial charge in [0.15, 0.2) is 0 Å². The van der Waals surface area contributed by atoms with Gasteiger partial charge in [-0.25, -0.2) is 0 Å². The molecule has 0 spiro atoms. The van der Waals surface area contributed by atoms with E-state index in [9.17, 15) is 0 Å². The Kier molecular flexibility index (Phi) is 5.48. The van der Waals surface area contributed by atoms with E-state index in [1.165, 1.54) is 5.56 Å². The Hall–Kier alpha value is -1.96. The molecule has 0 unspecified atom stereocenters. The first kappa shape index (κ1) is 14.4. The predicted molar refractivity (Wildman–Crippen MR) is 85.2 cm³/mol. The van der Waals surface area contributed by atoms with E-state index in [0.717, 1.165) is 31.0 Å². The van der Waals surface area contributed by atoms with Crippen LogP contribution >= 0.6 is 0 Å². The Labute approximate surface area is 121 Å². The van der Waals surface area contributed by atoms with Crippen molar-refractivity contribution in [3.63, 3.8) is 0 Å². The lowest BCUT2D eigenvalue weighted by atomic mass is 10.1. The van der Waals surface area contributed by atoms with Crippen LogP contribution in [-0.4, -0.2) is 6.61 Å². The lowest BCUT2D eigenvalue weighted by molar-refractivity contribution is 0.289. The van der Waals surface area contributed by atoms with Crippen LogP contribution in [0.5, 0.6) is 5.75 Å². The lowest BCUT2D eigenvalue weighted by Gasteiger charge is -2.09. The van der Waals surface area contributed by atoms with Crippen LogP contribution in [0.2, 0.25) is 0 Å². The summed E-state index contributed by atoms with van der Waals surface area (Å²) in [4.78, 5) is 0. The molecule has 0 saturated carbocycles. The van der Waals surface area contributed by atoms with Crippen molar-refractivity contribution < 1.29 is 4.74 Å². The molecule has 0 aliphatic rings. The molecule has 1 N–H and O–H groups in total. The fraction of sp³-hybridized carbons (Fsp3) is 0.333. The number of benzene rings is 2. The average molecular weight is 269 g/mol. The van der Waals surface area contributed by atoms with Crippen molar-refractivity contribution in [1.82, 2.24) is 0 Å². The van der Waals surface area contributed by atoms with Gasteiger partial charge in [0, 0.05) is 12.2 Å². The van der Waals surface area contributed by atoms with Crippen LogP contribution in [0.4, 0.5) is 5.69 Å². The summed E-state index contributed by atoms with van der Waals surface area (Å²) in [5.41, 5.74) is 2.40. The molecule has 106 valence electrons. The van der Waals surface area contributed by atoms with E-state index >= 15 is 0 Å². The summed E-state index contributed by atoms with van der Waals surface area (Å²) in [7, 11) is 0. The van der Waals surface area contributed by atoms with Crippen LogP contribution in [0.25, 0.3) is 0 Å². The van der Waals surface area contributed by atoms with Crippen LogP contribution in [0.3, 0.4) is 0 Å². The van der Waals surface area contributed by atoms with Crippen LogP contribution in [0.15, 0.2) is 54.6 Å². The molecular weight excluding hydrogens is 246 g/mol. The van der Waals surface area contributed by atoms with Gasteiger partial charge in [-0.3, -0.25) is 0 Å². The molecular formula is C18H23NO. The Morgan fingerprint density at radius 3 is 2.30 bits per heavy atom. The Bertz CT molecular complexity index is 491. The Balaban J connectivity index is 1.79. The molecule has 2 aromatic rings. The summed E-state index contributed by atoms with van der Waals surface area (Å²) in [5.74, 6) is 1.64. The fourth-order valence-electron chi connectivity index (χ4n) is 1.88. The standard InChI is InChI=1S/C18H23NO/c1-15(2)12-13-20-18-10-8-16(9-11-18)14-19-17-6-4-3-5-7-17/h3-11,15,19H,12-14H2,1-2H3. The topological polar surface area (TPSA) is 21.3 Å². The summed E-state index contributed by atoms with van der Waals surface area (Å²) in [6.45, 7) is 6.04. The Morgan fingerprint density at radius 1 is 0.950 bits per heavy atom. The third-order valence-electron chi connectivity index (χ3n) is 3.16. The largest absolute Gasteiger partial charge is 0.494 e. The minimum Gasteiger partial charge on any atom is -0.494 e. The van der Waals surface area contributed by atoms with Crippen molar-refractivity contribution >= 4 is 5.69 Å². The highest BCUT2D eigenvalue weighted by atomic mass is 16.5. The van der Waals surface area contributed by atoms with Crippen LogP contribution < -0.4 is 10.1 Å². The molecule has 2 nitrogen and oxygen atoms in total. The molecule has 0 aliphatic heterocycles. The van der Waals surface area contributed by atoms with Crippen molar-refractivity contribution in [1.29, 1.82) is 0 Å². The van der Waals surface area contributed by atoms with Gasteiger partial charge < -0.3 is 10.1 Å². The average Bonchev–Trinajstić information content (AvgIpc) is 2.47. The van der Waals surface area contributed by atoms with Gasteiger partial charge in [0.1, 0.15) is 5.75 Å². The van der Waals surface area contributed by atoms with E-state index in [2.05, 4.69) is 43.4 Å². The van der Waals surface area contributed by atoms with Crippen molar-refractivity contribution in [2.45, 2.75) is 26.8 Å². The summed E-state index contributed by atoms with van der Waals surface area (Å²) >= 11 is 0. The zero-order valence-corrected chi connectivity index (χ0v) is 12.3. The van der Waals surface area contributed by atoms with Gasteiger partial charge >= 0.3 is 0 Å². The first-order chi connectivity index (χ1) is 9.74. The molecule has 20 heavy (non-hydrogen) atoms. The normalized spacial score (nSPS) is 10.6. The third-order valence-corrected chi connectivity index (χ3v) is 3.16. The number of ether oxygens (including phenoxy) is 1. The monoisotopic (exact) mass is 269 g/mol. The summed E-state index contributed by atoms with van der Waals surface area (Å²) in [5, 5.41) is 3.40. The molecule has 0 bridgehead atoms. The van der Waals surface area contributed by atoms with Crippen LogP contribution in [0, 0.1) is 5.92 Å². The van der Waals surface area contributed by atoms with Gasteiger partial charge in [-0.1, -0.05) is 44.2 Å². The number of nitrogens with one attached hydrogen (secondary N) is 1. The van der Waals surface area contributed by atoms with Gasteiger partial charge in [0.05, 0.1) is 6.61 Å². The predicted octanol–water partition coefficient (Wildman–Crippen LogP) is 4.72. The Morgan fingerprint density at radius 2 is 1.65 bits per heavy atom. The van der Waals surface area contributed by atoms with Gasteiger partial charge in [-0.05, 0) is 42.2 Å². The number of rotatable bonds is 7. The number of anilines is 1. The van der Waals surface area contributed by atoms with E-state index in [4.69, 9.17) is 4.74 Å². The minimum absolute atomic E-state index is 0.685. The molecule has 0 saturated heterocycles. The second-order valence-electron chi connectivity index (χ2n) is 5.39. The molecule has 0 amide bonds. The first-order valence-corrected chi connectivity index (χ1v) is 7.24. The minimum atomic E-state index is 0.685. The zero-order chi connectivity index (χ0) is 14.2. The maximum atomic E-state index is 5.71. The summed E-state index contributed by atoms with van der Waals surface area (Å²) in [6, 6.07) is 18.6. The van der Waals surface area contributed by atoms with E-state index in [1.54, 1.807) is 0 Å². The first-order valence-electron chi connectivity index (χ1n) is 7.24. The highest BCUT2D eigenvalue weighted by Gasteiger charge is 1.98. The molecule has 0 aromatic heterocycles. The molecule has 2 aromatic carbocycles. The fourth-order valence-corrected chi connectivity index (χ4v) is 1.88. The number of hydrogen-bond donors (Lipinski definition) is 1. The zero-order valence-electron chi connectivity index (χ0n) is 12.3. The highest BCUT2D eigenvalue weighted by Crippen LogP contribution is 2.15. The molecule has 0 heterocycles. The van der Waals surface area contributed by atoms with Crippen molar-refractivity contribution in [2.75, 3.05) is 11.9 Å². The SMILES string of the molecule is CC(C)CCOc1ccc(CNc2ccccc2)cc1. The molecule has 0 fully saturated rings. The van der Waals surface area contributed by atoms with Gasteiger partial charge in [-0.2, -0.15) is 0 Å². The second kappa shape index (κ2) is 7.59. The van der Waals surface area contributed by atoms with Crippen LogP contribution in [-0.2, 0) is 6.54 Å². The smallest absolute Gasteiger partial charge is 0.119 e. The van der Waals surface area contributed by atoms with Gasteiger partial charge in [-0.15, -0.1) is 0 Å². The van der Waals surface area contributed by atoms with Crippen molar-refractivity contribution in [3.8, 4) is 5.75 Å². The van der Waals surface area contributed by atoms with Crippen molar-refractivity contribution in [2.24, 2.45) is 5.92 Å². The van der Waals surface area contributed by atoms with E-state index in [-0.39, 0.29) is 0 Å². The summed E-state index contributed by atoms with van der Waals surface area (Å²) < 4.78 is 5.71. The quantitative estimate of drug-likeness (QED) is 0.785. The maximum Gasteiger partial charge on any atom is 0.119 e. The number of hydrogen-bond acceptors (Lipinski definition) is 2. The second-order valence-corrected chi connectivity index (χ2v) is 5.39. The van der Waals surface area contributed by atoms with Crippen LogP contribution in [0.1, 0.15) is 25.8 Å². The molecule has 2 rings (SSSR count). The van der Waals surface area contributed by atoms with E-state index in [0.29, 0.717) is 5.92 Å². The number of para-hydroxylation sites is 1. The molecule has 2 heteroatoms. The summed E-state index contributed by atoms with van der Waals surface area (Å²) in [6.07, 6.45) is 1.09. The maximum absolute atomic E-state index is 5.71. The van der Waals surface area contributed by atoms with Gasteiger partial charge in [0.25, 0.3) is 0 Å². The van der Waals surface area contributed by atoms with Gasteiger partial charge in [0.2, 0.25) is 0 Å².